The van der Waals surface area contributed by atoms with E-state index in [0.717, 1.165) is 5.69 Å². The molecule has 1 N–H and O–H groups in total. The maximum Gasteiger partial charge on any atom is 0.251 e. The van der Waals surface area contributed by atoms with Crippen LogP contribution in [0.3, 0.4) is 0 Å². The smallest absolute Gasteiger partial charge is 0.251 e. The largest absolute Gasteiger partial charge is 0.378 e. The predicted molar refractivity (Wildman–Crippen MR) is 63.5 cm³/mol. The second-order valence-corrected chi connectivity index (χ2v) is 3.68. The Morgan fingerprint density at radius 3 is 2.88 bits per heavy atom. The maximum atomic E-state index is 11.5. The summed E-state index contributed by atoms with van der Waals surface area (Å²) in [4.78, 5) is 22.7. The van der Waals surface area contributed by atoms with E-state index < -0.39 is 0 Å². The zero-order valence-electron chi connectivity index (χ0n) is 9.73. The quantitative estimate of drug-likeness (QED) is 0.864. The van der Waals surface area contributed by atoms with Crippen LogP contribution in [0.1, 0.15) is 11.4 Å². The number of aromatic nitrogens is 3. The maximum absolute atomic E-state index is 11.5. The molecule has 0 fully saturated rings. The number of pyridine rings is 1. The van der Waals surface area contributed by atoms with Gasteiger partial charge in [0.25, 0.3) is 5.56 Å². The average molecular weight is 231 g/mol. The molecule has 88 valence electrons. The van der Waals surface area contributed by atoms with E-state index in [2.05, 4.69) is 15.0 Å². The van der Waals surface area contributed by atoms with Crippen LogP contribution in [0.15, 0.2) is 29.1 Å². The van der Waals surface area contributed by atoms with E-state index in [1.54, 1.807) is 7.11 Å². The van der Waals surface area contributed by atoms with Gasteiger partial charge in [-0.15, -0.1) is 0 Å². The molecule has 2 aromatic rings. The van der Waals surface area contributed by atoms with Crippen molar-refractivity contribution in [2.75, 3.05) is 7.11 Å². The van der Waals surface area contributed by atoms with E-state index >= 15 is 0 Å². The Labute approximate surface area is 98.5 Å². The van der Waals surface area contributed by atoms with Crippen molar-refractivity contribution in [1.82, 2.24) is 15.0 Å². The van der Waals surface area contributed by atoms with Crippen LogP contribution < -0.4 is 5.56 Å². The fourth-order valence-electron chi connectivity index (χ4n) is 1.53. The number of ether oxygens (including phenoxy) is 1. The summed E-state index contributed by atoms with van der Waals surface area (Å²) < 4.78 is 4.96. The van der Waals surface area contributed by atoms with Crippen molar-refractivity contribution < 1.29 is 4.74 Å². The third-order valence-electron chi connectivity index (χ3n) is 2.22. The van der Waals surface area contributed by atoms with Crippen LogP contribution in [0.5, 0.6) is 0 Å². The monoisotopic (exact) mass is 231 g/mol. The fourth-order valence-corrected chi connectivity index (χ4v) is 1.53. The van der Waals surface area contributed by atoms with Crippen molar-refractivity contribution >= 4 is 0 Å². The van der Waals surface area contributed by atoms with Gasteiger partial charge in [-0.3, -0.25) is 4.79 Å². The summed E-state index contributed by atoms with van der Waals surface area (Å²) in [6.07, 6.45) is 0. The molecule has 0 spiro atoms. The molecule has 0 unspecified atom stereocenters. The lowest BCUT2D eigenvalue weighted by atomic mass is 10.3. The molecule has 0 atom stereocenters. The molecule has 0 aliphatic carbocycles. The molecule has 0 saturated carbocycles. The Hall–Kier alpha value is -2.01. The molecule has 0 aromatic carbocycles. The van der Waals surface area contributed by atoms with E-state index in [1.807, 2.05) is 25.1 Å². The summed E-state index contributed by atoms with van der Waals surface area (Å²) in [5.74, 6) is 0.466. The van der Waals surface area contributed by atoms with Crippen LogP contribution in [-0.4, -0.2) is 22.1 Å². The Kier molecular flexibility index (Phi) is 3.30. The highest BCUT2D eigenvalue weighted by molar-refractivity contribution is 5.48. The highest BCUT2D eigenvalue weighted by Crippen LogP contribution is 2.11. The highest BCUT2D eigenvalue weighted by atomic mass is 16.5. The lowest BCUT2D eigenvalue weighted by Crippen LogP contribution is -2.11. The standard InChI is InChI=1S/C12H13N3O2/c1-8-4-3-5-10(13-8)12-14-9(7-17-2)6-11(16)15-12/h3-6H,7H2,1-2H3,(H,14,15,16). The third-order valence-corrected chi connectivity index (χ3v) is 2.22. The number of H-pyrrole nitrogens is 1. The summed E-state index contributed by atoms with van der Waals surface area (Å²) in [5, 5.41) is 0. The van der Waals surface area contributed by atoms with Crippen LogP contribution in [0.4, 0.5) is 0 Å². The third kappa shape index (κ3) is 2.76. The molecule has 5 heteroatoms. The first kappa shape index (κ1) is 11.5. The van der Waals surface area contributed by atoms with Crippen LogP contribution in [-0.2, 0) is 11.3 Å². The van der Waals surface area contributed by atoms with Gasteiger partial charge in [-0.1, -0.05) is 6.07 Å². The molecule has 2 heterocycles. The Bertz CT molecular complexity index is 578. The number of rotatable bonds is 3. The summed E-state index contributed by atoms with van der Waals surface area (Å²) in [7, 11) is 1.56. The summed E-state index contributed by atoms with van der Waals surface area (Å²) in [5.41, 5.74) is 1.92. The van der Waals surface area contributed by atoms with Gasteiger partial charge in [-0.25, -0.2) is 9.97 Å². The minimum Gasteiger partial charge on any atom is -0.378 e. The minimum absolute atomic E-state index is 0.203. The molecule has 5 nitrogen and oxygen atoms in total. The van der Waals surface area contributed by atoms with Gasteiger partial charge in [0, 0.05) is 18.9 Å². The normalized spacial score (nSPS) is 10.5. The van der Waals surface area contributed by atoms with Crippen molar-refractivity contribution in [2.45, 2.75) is 13.5 Å². The Morgan fingerprint density at radius 2 is 2.18 bits per heavy atom. The van der Waals surface area contributed by atoms with Crippen molar-refractivity contribution in [3.05, 3.63) is 46.0 Å². The fraction of sp³-hybridized carbons (Fsp3) is 0.250. The number of methoxy groups -OCH3 is 1. The molecule has 0 aliphatic heterocycles. The first-order chi connectivity index (χ1) is 8.19. The topological polar surface area (TPSA) is 67.9 Å². The lowest BCUT2D eigenvalue weighted by Gasteiger charge is -2.03. The van der Waals surface area contributed by atoms with E-state index in [9.17, 15) is 4.79 Å². The first-order valence-corrected chi connectivity index (χ1v) is 5.22. The van der Waals surface area contributed by atoms with Crippen LogP contribution >= 0.6 is 0 Å². The highest BCUT2D eigenvalue weighted by Gasteiger charge is 2.05. The second kappa shape index (κ2) is 4.88. The molecular weight excluding hydrogens is 218 g/mol. The van der Waals surface area contributed by atoms with E-state index in [-0.39, 0.29) is 5.56 Å². The molecule has 2 aromatic heterocycles. The zero-order chi connectivity index (χ0) is 12.3. The molecular formula is C12H13N3O2. The van der Waals surface area contributed by atoms with Gasteiger partial charge in [0.05, 0.1) is 12.3 Å². The Morgan fingerprint density at radius 1 is 1.35 bits per heavy atom. The molecule has 17 heavy (non-hydrogen) atoms. The van der Waals surface area contributed by atoms with Crippen molar-refractivity contribution in [2.24, 2.45) is 0 Å². The number of nitrogens with zero attached hydrogens (tertiary/aromatic N) is 2. The van der Waals surface area contributed by atoms with Crippen LogP contribution in [0, 0.1) is 6.92 Å². The van der Waals surface area contributed by atoms with Crippen molar-refractivity contribution in [3.63, 3.8) is 0 Å². The SMILES string of the molecule is COCc1cc(=O)[nH]c(-c2cccc(C)n2)n1. The molecule has 2 rings (SSSR count). The molecule has 0 aliphatic rings. The number of aromatic amines is 1. The molecule has 0 radical (unpaired) electrons. The first-order valence-electron chi connectivity index (χ1n) is 5.22. The van der Waals surface area contributed by atoms with Gasteiger partial charge in [-0.2, -0.15) is 0 Å². The Balaban J connectivity index is 2.48. The van der Waals surface area contributed by atoms with Gasteiger partial charge in [-0.05, 0) is 19.1 Å². The summed E-state index contributed by atoms with van der Waals surface area (Å²) in [6, 6.07) is 6.99. The number of hydrogen-bond donors (Lipinski definition) is 1. The van der Waals surface area contributed by atoms with Gasteiger partial charge in [0.2, 0.25) is 0 Å². The van der Waals surface area contributed by atoms with Crippen molar-refractivity contribution in [3.8, 4) is 11.5 Å². The molecule has 0 saturated heterocycles. The van der Waals surface area contributed by atoms with Crippen LogP contribution in [0.2, 0.25) is 0 Å². The lowest BCUT2D eigenvalue weighted by molar-refractivity contribution is 0.181. The van der Waals surface area contributed by atoms with Gasteiger partial charge >= 0.3 is 0 Å². The molecule has 0 amide bonds. The summed E-state index contributed by atoms with van der Waals surface area (Å²) in [6.45, 7) is 2.20. The van der Waals surface area contributed by atoms with Crippen LogP contribution in [0.25, 0.3) is 11.5 Å². The van der Waals surface area contributed by atoms with E-state index in [0.29, 0.717) is 23.8 Å². The number of hydrogen-bond acceptors (Lipinski definition) is 4. The molecule has 0 bridgehead atoms. The number of aryl methyl sites for hydroxylation is 1. The van der Waals surface area contributed by atoms with Crippen molar-refractivity contribution in [1.29, 1.82) is 0 Å². The van der Waals surface area contributed by atoms with Gasteiger partial charge < -0.3 is 9.72 Å². The summed E-state index contributed by atoms with van der Waals surface area (Å²) >= 11 is 0. The predicted octanol–water partition coefficient (Wildman–Crippen LogP) is 1.29. The minimum atomic E-state index is -0.203. The van der Waals surface area contributed by atoms with Gasteiger partial charge in [0.1, 0.15) is 5.69 Å². The second-order valence-electron chi connectivity index (χ2n) is 3.68. The van der Waals surface area contributed by atoms with E-state index in [4.69, 9.17) is 4.74 Å². The number of nitrogens with one attached hydrogen (secondary N) is 1. The zero-order valence-corrected chi connectivity index (χ0v) is 9.73. The van der Waals surface area contributed by atoms with Gasteiger partial charge in [0.15, 0.2) is 5.82 Å². The average Bonchev–Trinajstić information content (AvgIpc) is 2.28. The van der Waals surface area contributed by atoms with E-state index in [1.165, 1.54) is 6.07 Å².